The number of hydrogen-bond acceptors (Lipinski definition) is 4. The molecule has 9 heteroatoms. The van der Waals surface area contributed by atoms with Crippen LogP contribution in [-0.4, -0.2) is 36.3 Å². The molecule has 0 bridgehead atoms. The summed E-state index contributed by atoms with van der Waals surface area (Å²) in [4.78, 5) is 23.5. The van der Waals surface area contributed by atoms with Crippen LogP contribution in [-0.2, 0) is 16.0 Å². The van der Waals surface area contributed by atoms with Crippen molar-refractivity contribution in [3.63, 3.8) is 0 Å². The maximum Gasteiger partial charge on any atom is 0.305 e. The minimum atomic E-state index is -2.73. The smallest absolute Gasteiger partial charge is 0.305 e. The van der Waals surface area contributed by atoms with Crippen LogP contribution in [0.5, 0.6) is 0 Å². The number of ether oxygens (including phenoxy) is 1. The molecule has 0 aliphatic heterocycles. The molecule has 0 aliphatic rings. The third-order valence-corrected chi connectivity index (χ3v) is 6.78. The van der Waals surface area contributed by atoms with Crippen molar-refractivity contribution >= 4 is 32.5 Å². The van der Waals surface area contributed by atoms with E-state index in [2.05, 4.69) is 37.4 Å². The van der Waals surface area contributed by atoms with Crippen LogP contribution in [0.1, 0.15) is 103 Å². The van der Waals surface area contributed by atoms with Crippen LogP contribution in [0.3, 0.4) is 0 Å². The summed E-state index contributed by atoms with van der Waals surface area (Å²) >= 11 is 1.44. The molecule has 0 spiro atoms. The van der Waals surface area contributed by atoms with Gasteiger partial charge in [0.15, 0.2) is 0 Å². The van der Waals surface area contributed by atoms with Gasteiger partial charge in [0.05, 0.1) is 24.7 Å². The number of thiophene rings is 1. The van der Waals surface area contributed by atoms with Crippen molar-refractivity contribution in [2.45, 2.75) is 100 Å². The largest absolute Gasteiger partial charge is 0.505 e. The number of hydrogen-bond donors (Lipinski definition) is 2. The summed E-state index contributed by atoms with van der Waals surface area (Å²) in [6.45, 7) is 21.7. The minimum absolute atomic E-state index is 0.0439. The van der Waals surface area contributed by atoms with Crippen LogP contribution in [0, 0.1) is 11.8 Å². The van der Waals surface area contributed by atoms with E-state index in [1.165, 1.54) is 30.3 Å². The van der Waals surface area contributed by atoms with Gasteiger partial charge < -0.3 is 15.2 Å². The highest BCUT2D eigenvalue weighted by Gasteiger charge is 2.27. The number of carboxylic acid groups (broad SMARTS) is 1. The second-order valence-electron chi connectivity index (χ2n) is 8.73. The van der Waals surface area contributed by atoms with Crippen molar-refractivity contribution in [2.24, 2.45) is 11.8 Å². The van der Waals surface area contributed by atoms with E-state index in [0.29, 0.717) is 17.2 Å². The van der Waals surface area contributed by atoms with Crippen LogP contribution in [0.4, 0.5) is 8.78 Å². The molecule has 3 unspecified atom stereocenters. The second-order valence-corrected chi connectivity index (χ2v) is 10.7. The lowest BCUT2D eigenvalue weighted by molar-refractivity contribution is -0.136. The summed E-state index contributed by atoms with van der Waals surface area (Å²) in [5.41, 5.74) is -1.53. The average Bonchev–Trinajstić information content (AvgIpc) is 3.45. The van der Waals surface area contributed by atoms with Crippen molar-refractivity contribution in [2.75, 3.05) is 13.7 Å². The topological polar surface area (TPSA) is 75.6 Å². The molecule has 0 aliphatic carbocycles. The number of nitrogens with one attached hydrogen (secondary N) is 1. The van der Waals surface area contributed by atoms with E-state index >= 15 is 0 Å². The van der Waals surface area contributed by atoms with Gasteiger partial charge in [-0.2, -0.15) is 0 Å². The molecular weight excluding hydrogens is 575 g/mol. The number of allylic oxidation sites excluding steroid dienone is 6. The third kappa shape index (κ3) is 29.2. The number of amides is 1. The zero-order chi connectivity index (χ0) is 33.6. The fourth-order valence-corrected chi connectivity index (χ4v) is 3.48. The highest BCUT2D eigenvalue weighted by molar-refractivity contribution is 7.18. The van der Waals surface area contributed by atoms with Crippen molar-refractivity contribution in [3.8, 4) is 0 Å². The Kier molecular flexibility index (Phi) is 35.1. The molecule has 0 saturated heterocycles. The fraction of sp³-hybridized carbons (Fsp3) is 0.576. The van der Waals surface area contributed by atoms with Crippen LogP contribution < -0.4 is 5.32 Å². The molecule has 0 radical (unpaired) electrons. The number of carboxylic acids is 1. The van der Waals surface area contributed by atoms with Gasteiger partial charge in [-0.3, -0.25) is 9.59 Å². The number of aryl methyl sites for hydroxylation is 1. The third-order valence-electron chi connectivity index (χ3n) is 5.02. The summed E-state index contributed by atoms with van der Waals surface area (Å²) in [7, 11) is 3.22. The number of methoxy groups -OCH3 is 1. The predicted octanol–water partition coefficient (Wildman–Crippen LogP) is 10.3. The molecule has 1 rings (SSSR count). The zero-order valence-electron chi connectivity index (χ0n) is 27.6. The van der Waals surface area contributed by atoms with E-state index in [1.807, 2.05) is 58.9 Å². The average molecular weight is 634 g/mol. The van der Waals surface area contributed by atoms with Gasteiger partial charge in [-0.1, -0.05) is 107 Å². The Hall–Kier alpha value is -2.31. The number of carbonyl (C=O) groups excluding carboxylic acids is 1. The van der Waals surface area contributed by atoms with Crippen molar-refractivity contribution in [1.82, 2.24) is 5.32 Å². The number of carbonyl (C=O) groups is 2. The maximum absolute atomic E-state index is 12.8. The monoisotopic (exact) mass is 633 g/mol. The van der Waals surface area contributed by atoms with E-state index in [9.17, 15) is 18.4 Å². The van der Waals surface area contributed by atoms with Gasteiger partial charge in [0.1, 0.15) is 0 Å². The molecule has 0 aromatic carbocycles. The number of alkyl halides is 2. The van der Waals surface area contributed by atoms with E-state index in [-0.39, 0.29) is 18.9 Å². The summed E-state index contributed by atoms with van der Waals surface area (Å²) in [5.74, 6) is -1.56. The van der Waals surface area contributed by atoms with Gasteiger partial charge in [0.25, 0.3) is 11.6 Å². The molecule has 1 heterocycles. The Morgan fingerprint density at radius 1 is 1.17 bits per heavy atom. The molecule has 0 saturated carbocycles. The SMILES string of the molecule is C=CC(C)/C(=C/C)C/C=C\C(C)C(F)(F)P.CC.CC/C=C/OC.CCC.CCc1ccc(C(=O)NCCC(=O)O)s1. The molecule has 1 amide bonds. The van der Waals surface area contributed by atoms with E-state index in [4.69, 9.17) is 5.11 Å². The highest BCUT2D eigenvalue weighted by Crippen LogP contribution is 2.32. The second kappa shape index (κ2) is 31.6. The standard InChI is InChI=1S/C13H21F2P.C10H13NO3S.C5H10O.C3H8.C2H6/c1-5-10(3)12(6-2)9-7-8-11(4)13(14,15)16;1-2-7-3-4-8(15-7)10(14)11-6-5-9(12)13;1-3-4-5-6-2;1-3-2;1-2/h5-8,10-11H,1,9,16H2,2-4H3;3-4H,2,5-6H2,1H3,(H,11,14)(H,12,13);4-5H,3H2,1-2H3;3H2,1-2H3;1-2H3/b8-7-,12-6+;;5-4+;;. The lowest BCUT2D eigenvalue weighted by Crippen LogP contribution is -2.25. The van der Waals surface area contributed by atoms with Crippen molar-refractivity contribution in [3.05, 3.63) is 70.7 Å². The normalized spacial score (nSPS) is 12.2. The lowest BCUT2D eigenvalue weighted by atomic mass is 9.97. The van der Waals surface area contributed by atoms with Gasteiger partial charge in [0.2, 0.25) is 0 Å². The van der Waals surface area contributed by atoms with Crippen LogP contribution in [0.15, 0.2) is 60.9 Å². The molecule has 2 N–H and O–H groups in total. The minimum Gasteiger partial charge on any atom is -0.505 e. The first kappa shape index (κ1) is 46.6. The van der Waals surface area contributed by atoms with Gasteiger partial charge >= 0.3 is 5.97 Å². The first-order valence-electron chi connectivity index (χ1n) is 14.7. The maximum atomic E-state index is 12.8. The van der Waals surface area contributed by atoms with Gasteiger partial charge in [-0.25, -0.2) is 8.78 Å². The van der Waals surface area contributed by atoms with Gasteiger partial charge in [-0.05, 0) is 44.2 Å². The first-order valence-corrected chi connectivity index (χ1v) is 16.1. The summed E-state index contributed by atoms with van der Waals surface area (Å²) in [6, 6.07) is 3.68. The van der Waals surface area contributed by atoms with Crippen molar-refractivity contribution < 1.29 is 28.2 Å². The molecule has 5 nitrogen and oxygen atoms in total. The van der Waals surface area contributed by atoms with E-state index in [1.54, 1.807) is 40.8 Å². The highest BCUT2D eigenvalue weighted by atomic mass is 32.1. The Morgan fingerprint density at radius 3 is 2.10 bits per heavy atom. The molecule has 1 aromatic heterocycles. The first-order chi connectivity index (χ1) is 19.8. The molecule has 42 heavy (non-hydrogen) atoms. The Morgan fingerprint density at radius 2 is 1.74 bits per heavy atom. The number of rotatable bonds is 13. The number of aliphatic carboxylic acids is 1. The van der Waals surface area contributed by atoms with E-state index < -0.39 is 17.6 Å². The zero-order valence-corrected chi connectivity index (χ0v) is 29.6. The Bertz CT molecular complexity index is 887. The van der Waals surface area contributed by atoms with Crippen LogP contribution in [0.25, 0.3) is 0 Å². The van der Waals surface area contributed by atoms with Crippen LogP contribution in [0.2, 0.25) is 0 Å². The Labute approximate surface area is 261 Å². The molecule has 244 valence electrons. The summed E-state index contributed by atoms with van der Waals surface area (Å²) in [6.07, 6.45) is 14.7. The van der Waals surface area contributed by atoms with Crippen LogP contribution >= 0.6 is 20.6 Å². The van der Waals surface area contributed by atoms with Gasteiger partial charge in [-0.15, -0.1) is 17.9 Å². The molecular formula is C33H58F2NO4PS. The predicted molar refractivity (Wildman–Crippen MR) is 183 cm³/mol. The fourth-order valence-electron chi connectivity index (χ4n) is 2.51. The quantitative estimate of drug-likeness (QED) is 0.129. The van der Waals surface area contributed by atoms with Gasteiger partial charge in [0, 0.05) is 17.3 Å². The van der Waals surface area contributed by atoms with E-state index in [0.717, 1.165) is 17.7 Å². The molecule has 3 atom stereocenters. The summed E-state index contributed by atoms with van der Waals surface area (Å²) in [5, 5.41) is 10.9. The lowest BCUT2D eigenvalue weighted by Gasteiger charge is -2.15. The molecule has 0 fully saturated rings. The molecule has 1 aromatic rings. The summed E-state index contributed by atoms with van der Waals surface area (Å²) < 4.78 is 30.3. The Balaban J connectivity index is -0.000000256. The number of halogens is 2. The van der Waals surface area contributed by atoms with Crippen molar-refractivity contribution in [1.29, 1.82) is 0 Å².